The summed E-state index contributed by atoms with van der Waals surface area (Å²) < 4.78 is 7.51. The molecule has 0 saturated heterocycles. The fraction of sp³-hybridized carbons (Fsp3) is 0.333. The SMILES string of the molecule is COc1cc2c(c(-n3c(N)c(C(N)=O)c4cc(C)c(C)nc43)c1C)CCC2. The minimum absolute atomic E-state index is 0.328. The maximum absolute atomic E-state index is 12.2. The summed E-state index contributed by atoms with van der Waals surface area (Å²) in [6, 6.07) is 4.06. The molecular weight excluding hydrogens is 340 g/mol. The van der Waals surface area contributed by atoms with Crippen LogP contribution in [-0.2, 0) is 12.8 Å². The molecule has 6 nitrogen and oxygen atoms in total. The van der Waals surface area contributed by atoms with Crippen molar-refractivity contribution in [1.82, 2.24) is 9.55 Å². The number of methoxy groups -OCH3 is 1. The summed E-state index contributed by atoms with van der Waals surface area (Å²) in [6.45, 7) is 5.94. The molecule has 1 amide bonds. The number of nitrogens with two attached hydrogens (primary N) is 2. The van der Waals surface area contributed by atoms with Gasteiger partial charge in [-0.2, -0.15) is 0 Å². The lowest BCUT2D eigenvalue weighted by atomic mass is 10.0. The molecule has 2 heterocycles. The standard InChI is InChI=1S/C21H24N4O2/c1-10-8-15-17(20(23)26)19(22)25(21(15)24-12(10)3)18-11(2)16(27-4)9-13-6-5-7-14(13)18/h8-9H,5-7,22H2,1-4H3,(H2,23,26). The maximum atomic E-state index is 12.2. The van der Waals surface area contributed by atoms with Gasteiger partial charge in [0.1, 0.15) is 17.2 Å². The number of pyridine rings is 1. The summed E-state index contributed by atoms with van der Waals surface area (Å²) in [4.78, 5) is 17.0. The van der Waals surface area contributed by atoms with E-state index in [1.165, 1.54) is 11.1 Å². The van der Waals surface area contributed by atoms with E-state index in [0.29, 0.717) is 22.4 Å². The summed E-state index contributed by atoms with van der Waals surface area (Å²) >= 11 is 0. The molecule has 0 spiro atoms. The third kappa shape index (κ3) is 2.40. The molecule has 4 rings (SSSR count). The average molecular weight is 364 g/mol. The molecule has 4 N–H and O–H groups in total. The highest BCUT2D eigenvalue weighted by Crippen LogP contribution is 2.40. The van der Waals surface area contributed by atoms with Gasteiger partial charge in [0.15, 0.2) is 0 Å². The van der Waals surface area contributed by atoms with Gasteiger partial charge in [0.05, 0.1) is 18.4 Å². The van der Waals surface area contributed by atoms with E-state index in [0.717, 1.165) is 47.5 Å². The van der Waals surface area contributed by atoms with Gasteiger partial charge in [-0.25, -0.2) is 4.98 Å². The number of hydrogen-bond acceptors (Lipinski definition) is 4. The van der Waals surface area contributed by atoms with Crippen LogP contribution in [0.5, 0.6) is 5.75 Å². The lowest BCUT2D eigenvalue weighted by Gasteiger charge is -2.19. The van der Waals surface area contributed by atoms with Crippen molar-refractivity contribution >= 4 is 22.8 Å². The highest BCUT2D eigenvalue weighted by molar-refractivity contribution is 6.11. The minimum atomic E-state index is -0.543. The molecule has 140 valence electrons. The fourth-order valence-electron chi connectivity index (χ4n) is 4.22. The number of anilines is 1. The zero-order valence-corrected chi connectivity index (χ0v) is 16.1. The van der Waals surface area contributed by atoms with Crippen LogP contribution < -0.4 is 16.2 Å². The summed E-state index contributed by atoms with van der Waals surface area (Å²) in [5, 5.41) is 0.692. The fourth-order valence-corrected chi connectivity index (χ4v) is 4.22. The molecule has 0 unspecified atom stereocenters. The third-order valence-corrected chi connectivity index (χ3v) is 5.69. The summed E-state index contributed by atoms with van der Waals surface area (Å²) in [6.07, 6.45) is 3.06. The Hall–Kier alpha value is -3.02. The predicted molar refractivity (Wildman–Crippen MR) is 107 cm³/mol. The molecule has 1 aromatic carbocycles. The Morgan fingerprint density at radius 1 is 1.22 bits per heavy atom. The molecule has 1 aliphatic carbocycles. The summed E-state index contributed by atoms with van der Waals surface area (Å²) in [7, 11) is 1.67. The van der Waals surface area contributed by atoms with Crippen molar-refractivity contribution in [1.29, 1.82) is 0 Å². The second-order valence-corrected chi connectivity index (χ2v) is 7.27. The quantitative estimate of drug-likeness (QED) is 0.746. The van der Waals surface area contributed by atoms with E-state index >= 15 is 0 Å². The number of amides is 1. The zero-order chi connectivity index (χ0) is 19.5. The van der Waals surface area contributed by atoms with Gasteiger partial charge >= 0.3 is 0 Å². The number of aryl methyl sites for hydroxylation is 3. The number of rotatable bonds is 3. The lowest BCUT2D eigenvalue weighted by Crippen LogP contribution is -2.14. The highest BCUT2D eigenvalue weighted by Gasteiger charge is 2.27. The van der Waals surface area contributed by atoms with E-state index < -0.39 is 5.91 Å². The van der Waals surface area contributed by atoms with E-state index in [1.807, 2.05) is 31.4 Å². The van der Waals surface area contributed by atoms with E-state index in [2.05, 4.69) is 6.07 Å². The third-order valence-electron chi connectivity index (χ3n) is 5.69. The van der Waals surface area contributed by atoms with Crippen LogP contribution in [0, 0.1) is 20.8 Å². The number of carbonyl (C=O) groups is 1. The topological polar surface area (TPSA) is 96.2 Å². The summed E-state index contributed by atoms with van der Waals surface area (Å²) in [5.41, 5.74) is 19.5. The molecule has 0 bridgehead atoms. The van der Waals surface area contributed by atoms with E-state index in [1.54, 1.807) is 7.11 Å². The number of nitrogen functional groups attached to an aromatic ring is 1. The van der Waals surface area contributed by atoms with Gasteiger partial charge in [0, 0.05) is 16.6 Å². The van der Waals surface area contributed by atoms with Crippen molar-refractivity contribution in [2.24, 2.45) is 5.73 Å². The second kappa shape index (κ2) is 6.01. The lowest BCUT2D eigenvalue weighted by molar-refractivity contribution is 0.100. The molecule has 2 aromatic heterocycles. The van der Waals surface area contributed by atoms with Gasteiger partial charge in [-0.3, -0.25) is 9.36 Å². The second-order valence-electron chi connectivity index (χ2n) is 7.27. The van der Waals surface area contributed by atoms with Gasteiger partial charge in [-0.05, 0) is 68.9 Å². The van der Waals surface area contributed by atoms with Crippen LogP contribution in [0.1, 0.15) is 44.7 Å². The Balaban J connectivity index is 2.19. The van der Waals surface area contributed by atoms with E-state index in [9.17, 15) is 4.79 Å². The highest BCUT2D eigenvalue weighted by atomic mass is 16.5. The molecule has 27 heavy (non-hydrogen) atoms. The number of hydrogen-bond donors (Lipinski definition) is 2. The molecule has 0 fully saturated rings. The van der Waals surface area contributed by atoms with Crippen LogP contribution in [0.2, 0.25) is 0 Å². The first-order chi connectivity index (χ1) is 12.8. The first-order valence-corrected chi connectivity index (χ1v) is 9.12. The van der Waals surface area contributed by atoms with Crippen molar-refractivity contribution < 1.29 is 9.53 Å². The van der Waals surface area contributed by atoms with Crippen molar-refractivity contribution in [3.8, 4) is 11.4 Å². The van der Waals surface area contributed by atoms with Crippen molar-refractivity contribution in [2.75, 3.05) is 12.8 Å². The number of primary amides is 1. The number of fused-ring (bicyclic) bond motifs is 2. The molecule has 1 aliphatic rings. The van der Waals surface area contributed by atoms with Gasteiger partial charge in [0.25, 0.3) is 5.91 Å². The van der Waals surface area contributed by atoms with Crippen LogP contribution in [-0.4, -0.2) is 22.6 Å². The number of ether oxygens (including phenoxy) is 1. The predicted octanol–water partition coefficient (Wildman–Crippen LogP) is 3.13. The number of benzene rings is 1. The number of aromatic nitrogens is 2. The number of carbonyl (C=O) groups excluding carboxylic acids is 1. The Kier molecular flexibility index (Phi) is 3.87. The van der Waals surface area contributed by atoms with Gasteiger partial charge < -0.3 is 16.2 Å². The minimum Gasteiger partial charge on any atom is -0.496 e. The average Bonchev–Trinajstić information content (AvgIpc) is 3.17. The van der Waals surface area contributed by atoms with Crippen LogP contribution >= 0.6 is 0 Å². The number of nitrogens with zero attached hydrogens (tertiary/aromatic N) is 2. The van der Waals surface area contributed by atoms with Crippen molar-refractivity contribution in [2.45, 2.75) is 40.0 Å². The maximum Gasteiger partial charge on any atom is 0.253 e. The molecule has 0 saturated carbocycles. The van der Waals surface area contributed by atoms with Crippen LogP contribution in [0.3, 0.4) is 0 Å². The van der Waals surface area contributed by atoms with E-state index in [-0.39, 0.29) is 0 Å². The van der Waals surface area contributed by atoms with Gasteiger partial charge in [-0.1, -0.05) is 0 Å². The normalized spacial score (nSPS) is 13.2. The molecule has 6 heteroatoms. The molecule has 3 aromatic rings. The Morgan fingerprint density at radius 2 is 1.96 bits per heavy atom. The van der Waals surface area contributed by atoms with Crippen LogP contribution in [0.4, 0.5) is 5.82 Å². The summed E-state index contributed by atoms with van der Waals surface area (Å²) in [5.74, 6) is 0.607. The Morgan fingerprint density at radius 3 is 2.63 bits per heavy atom. The zero-order valence-electron chi connectivity index (χ0n) is 16.1. The first kappa shape index (κ1) is 17.4. The Labute approximate surface area is 158 Å². The smallest absolute Gasteiger partial charge is 0.253 e. The van der Waals surface area contributed by atoms with Gasteiger partial charge in [-0.15, -0.1) is 0 Å². The molecule has 0 atom stereocenters. The Bertz CT molecular complexity index is 1110. The first-order valence-electron chi connectivity index (χ1n) is 9.12. The molecule has 0 aliphatic heterocycles. The van der Waals surface area contributed by atoms with Crippen molar-refractivity contribution in [3.05, 3.63) is 45.6 Å². The van der Waals surface area contributed by atoms with Crippen LogP contribution in [0.25, 0.3) is 16.7 Å². The molecule has 0 radical (unpaired) electrons. The molecular formula is C21H24N4O2. The van der Waals surface area contributed by atoms with Crippen LogP contribution in [0.15, 0.2) is 12.1 Å². The van der Waals surface area contributed by atoms with Crippen molar-refractivity contribution in [3.63, 3.8) is 0 Å². The monoisotopic (exact) mass is 364 g/mol. The van der Waals surface area contributed by atoms with E-state index in [4.69, 9.17) is 21.2 Å². The van der Waals surface area contributed by atoms with Gasteiger partial charge in [0.2, 0.25) is 0 Å². The largest absolute Gasteiger partial charge is 0.496 e.